The van der Waals surface area contributed by atoms with E-state index in [0.29, 0.717) is 26.4 Å². The lowest BCUT2D eigenvalue weighted by atomic mass is 10.0. The molecule has 5 amide bonds. The lowest BCUT2D eigenvalue weighted by molar-refractivity contribution is -0.136. The smallest absolute Gasteiger partial charge is 0.266 e. The van der Waals surface area contributed by atoms with Gasteiger partial charge in [0.15, 0.2) is 6.61 Å². The van der Waals surface area contributed by atoms with Gasteiger partial charge in [-0.3, -0.25) is 34.2 Å². The zero-order chi connectivity index (χ0) is 23.8. The van der Waals surface area contributed by atoms with Crippen molar-refractivity contribution in [2.45, 2.75) is 18.9 Å². The van der Waals surface area contributed by atoms with Gasteiger partial charge in [-0.2, -0.15) is 0 Å². The highest BCUT2D eigenvalue weighted by Gasteiger charge is 2.46. The van der Waals surface area contributed by atoms with E-state index in [1.807, 2.05) is 0 Å². The highest BCUT2D eigenvalue weighted by molar-refractivity contribution is 9.09. The van der Waals surface area contributed by atoms with Crippen LogP contribution in [0.15, 0.2) is 18.2 Å². The van der Waals surface area contributed by atoms with Gasteiger partial charge in [-0.05, 0) is 18.6 Å². The second-order valence-corrected chi connectivity index (χ2v) is 7.97. The first-order valence-corrected chi connectivity index (χ1v) is 11.5. The Labute approximate surface area is 198 Å². The van der Waals surface area contributed by atoms with E-state index in [4.69, 9.17) is 14.2 Å². The molecule has 3 rings (SSSR count). The molecule has 1 atom stereocenters. The van der Waals surface area contributed by atoms with Gasteiger partial charge in [-0.15, -0.1) is 0 Å². The Kier molecular flexibility index (Phi) is 8.92. The number of rotatable bonds is 12. The molecule has 2 aliphatic heterocycles. The molecule has 2 aliphatic rings. The summed E-state index contributed by atoms with van der Waals surface area (Å²) in [5, 5.41) is 5.52. The molecule has 33 heavy (non-hydrogen) atoms. The van der Waals surface area contributed by atoms with Gasteiger partial charge in [0.25, 0.3) is 17.7 Å². The highest BCUT2D eigenvalue weighted by atomic mass is 79.9. The van der Waals surface area contributed by atoms with Gasteiger partial charge in [-0.1, -0.05) is 22.0 Å². The Bertz CT molecular complexity index is 938. The average molecular weight is 526 g/mol. The molecule has 0 bridgehead atoms. The summed E-state index contributed by atoms with van der Waals surface area (Å²) in [6, 6.07) is 3.38. The van der Waals surface area contributed by atoms with Crippen LogP contribution in [0.2, 0.25) is 0 Å². The molecule has 1 fully saturated rings. The molecule has 11 nitrogen and oxygen atoms in total. The van der Waals surface area contributed by atoms with E-state index in [1.54, 1.807) is 0 Å². The van der Waals surface area contributed by atoms with E-state index >= 15 is 0 Å². The predicted molar refractivity (Wildman–Crippen MR) is 117 cm³/mol. The van der Waals surface area contributed by atoms with Gasteiger partial charge in [0.1, 0.15) is 11.8 Å². The van der Waals surface area contributed by atoms with Crippen LogP contribution in [0.25, 0.3) is 0 Å². The van der Waals surface area contributed by atoms with Crippen LogP contribution in [-0.2, 0) is 23.9 Å². The number of carbonyl (C=O) groups excluding carboxylic acids is 5. The van der Waals surface area contributed by atoms with E-state index in [9.17, 15) is 24.0 Å². The molecule has 1 saturated heterocycles. The Hall–Kier alpha value is -2.83. The Morgan fingerprint density at radius 2 is 1.85 bits per heavy atom. The summed E-state index contributed by atoms with van der Waals surface area (Å²) in [4.78, 5) is 62.2. The number of amides is 5. The first-order valence-electron chi connectivity index (χ1n) is 10.4. The van der Waals surface area contributed by atoms with E-state index in [2.05, 4.69) is 26.6 Å². The summed E-state index contributed by atoms with van der Waals surface area (Å²) in [5.74, 6) is -2.84. The molecule has 0 saturated carbocycles. The Morgan fingerprint density at radius 1 is 1.09 bits per heavy atom. The number of nitrogens with one attached hydrogen (secondary N) is 2. The van der Waals surface area contributed by atoms with Crippen molar-refractivity contribution in [2.24, 2.45) is 0 Å². The molecule has 1 aromatic carbocycles. The molecule has 2 heterocycles. The fraction of sp³-hybridized carbons (Fsp3) is 0.476. The van der Waals surface area contributed by atoms with Gasteiger partial charge in [0.2, 0.25) is 11.8 Å². The third kappa shape index (κ3) is 6.15. The Balaban J connectivity index is 1.52. The molecule has 0 aliphatic carbocycles. The first-order chi connectivity index (χ1) is 15.9. The number of imide groups is 2. The summed E-state index contributed by atoms with van der Waals surface area (Å²) in [6.45, 7) is 1.68. The zero-order valence-corrected chi connectivity index (χ0v) is 19.4. The van der Waals surface area contributed by atoms with Crippen molar-refractivity contribution in [3.05, 3.63) is 29.3 Å². The lowest BCUT2D eigenvalue weighted by Gasteiger charge is -2.27. The number of alkyl halides is 1. The molecule has 0 spiro atoms. The van der Waals surface area contributed by atoms with Crippen LogP contribution in [0.4, 0.5) is 0 Å². The minimum atomic E-state index is -1.07. The molecular formula is C21H24BrN3O8. The number of hydrogen-bond donors (Lipinski definition) is 2. The van der Waals surface area contributed by atoms with E-state index in [1.165, 1.54) is 18.2 Å². The third-order valence-electron chi connectivity index (χ3n) is 4.95. The second kappa shape index (κ2) is 11.9. The lowest BCUT2D eigenvalue weighted by Crippen LogP contribution is -2.54. The van der Waals surface area contributed by atoms with Gasteiger partial charge in [-0.25, -0.2) is 0 Å². The van der Waals surface area contributed by atoms with Crippen LogP contribution >= 0.6 is 15.9 Å². The summed E-state index contributed by atoms with van der Waals surface area (Å²) in [5.41, 5.74) is 0.0740. The molecule has 2 N–H and O–H groups in total. The predicted octanol–water partition coefficient (Wildman–Crippen LogP) is 0.0109. The fourth-order valence-electron chi connectivity index (χ4n) is 3.44. The number of halogens is 1. The third-order valence-corrected chi connectivity index (χ3v) is 5.27. The standard InChI is InChI=1S/C21H24BrN3O8/c22-6-8-31-10-11-32-9-7-23-17(27)12-33-15-3-1-2-13-18(15)21(30)25(20(13)29)14-4-5-16(26)24-19(14)28/h1-3,14H,4-12H2,(H,23,27)(H,24,26,28). The van der Waals surface area contributed by atoms with Crippen molar-refractivity contribution in [2.75, 3.05) is 44.9 Å². The molecular weight excluding hydrogens is 502 g/mol. The molecule has 0 aromatic heterocycles. The molecule has 0 radical (unpaired) electrons. The van der Waals surface area contributed by atoms with Crippen molar-refractivity contribution < 1.29 is 38.2 Å². The highest BCUT2D eigenvalue weighted by Crippen LogP contribution is 2.33. The summed E-state index contributed by atoms with van der Waals surface area (Å²) in [7, 11) is 0. The maximum Gasteiger partial charge on any atom is 0.266 e. The summed E-state index contributed by atoms with van der Waals surface area (Å²) < 4.78 is 16.1. The van der Waals surface area contributed by atoms with Gasteiger partial charge in [0, 0.05) is 18.3 Å². The maximum atomic E-state index is 13.0. The molecule has 1 unspecified atom stereocenters. The minimum absolute atomic E-state index is 0.00758. The molecule has 1 aromatic rings. The van der Waals surface area contributed by atoms with Crippen molar-refractivity contribution in [3.63, 3.8) is 0 Å². The van der Waals surface area contributed by atoms with Crippen molar-refractivity contribution in [1.82, 2.24) is 15.5 Å². The van der Waals surface area contributed by atoms with Crippen molar-refractivity contribution in [1.29, 1.82) is 0 Å². The fourth-order valence-corrected chi connectivity index (χ4v) is 3.67. The summed E-state index contributed by atoms with van der Waals surface area (Å²) >= 11 is 3.25. The van der Waals surface area contributed by atoms with E-state index in [-0.39, 0.29) is 42.9 Å². The summed E-state index contributed by atoms with van der Waals surface area (Å²) in [6.07, 6.45) is 0.0837. The minimum Gasteiger partial charge on any atom is -0.483 e. The SMILES string of the molecule is O=C(COc1cccc2c1C(=O)N(C1CCC(=O)NC1=O)C2=O)NCCOCCOCCBr. The van der Waals surface area contributed by atoms with Crippen LogP contribution in [0.1, 0.15) is 33.6 Å². The normalized spacial score (nSPS) is 17.7. The number of fused-ring (bicyclic) bond motifs is 1. The van der Waals surface area contributed by atoms with Crippen LogP contribution < -0.4 is 15.4 Å². The van der Waals surface area contributed by atoms with Crippen LogP contribution in [0.3, 0.4) is 0 Å². The largest absolute Gasteiger partial charge is 0.483 e. The van der Waals surface area contributed by atoms with Crippen molar-refractivity contribution >= 4 is 45.5 Å². The zero-order valence-electron chi connectivity index (χ0n) is 17.8. The van der Waals surface area contributed by atoms with Gasteiger partial charge < -0.3 is 19.5 Å². The monoisotopic (exact) mass is 525 g/mol. The number of hydrogen-bond acceptors (Lipinski definition) is 8. The van der Waals surface area contributed by atoms with Crippen LogP contribution in [0.5, 0.6) is 5.75 Å². The van der Waals surface area contributed by atoms with Gasteiger partial charge in [0.05, 0.1) is 37.6 Å². The molecule has 178 valence electrons. The number of benzene rings is 1. The number of ether oxygens (including phenoxy) is 3. The number of piperidine rings is 1. The van der Waals surface area contributed by atoms with Crippen molar-refractivity contribution in [3.8, 4) is 5.75 Å². The van der Waals surface area contributed by atoms with E-state index in [0.717, 1.165) is 10.2 Å². The van der Waals surface area contributed by atoms with E-state index < -0.39 is 35.6 Å². The first kappa shape index (κ1) is 24.8. The maximum absolute atomic E-state index is 13.0. The molecule has 12 heteroatoms. The number of carbonyl (C=O) groups is 5. The topological polar surface area (TPSA) is 140 Å². The van der Waals surface area contributed by atoms with Crippen LogP contribution in [-0.4, -0.2) is 85.4 Å². The second-order valence-electron chi connectivity index (χ2n) is 7.18. The average Bonchev–Trinajstić information content (AvgIpc) is 3.05. The van der Waals surface area contributed by atoms with Gasteiger partial charge >= 0.3 is 0 Å². The number of nitrogens with zero attached hydrogens (tertiary/aromatic N) is 1. The van der Waals surface area contributed by atoms with Crippen LogP contribution in [0, 0.1) is 0 Å². The quantitative estimate of drug-likeness (QED) is 0.221. The Morgan fingerprint density at radius 3 is 2.58 bits per heavy atom.